The summed E-state index contributed by atoms with van der Waals surface area (Å²) in [6.45, 7) is 1.64. The Morgan fingerprint density at radius 2 is 1.61 bits per heavy atom. The predicted molar refractivity (Wildman–Crippen MR) is 173 cm³/mol. The maximum absolute atomic E-state index is 14.1. The maximum atomic E-state index is 14.1. The first-order valence-corrected chi connectivity index (χ1v) is 16.1. The first-order valence-electron chi connectivity index (χ1n) is 14.4. The van der Waals surface area contributed by atoms with Gasteiger partial charge in [-0.05, 0) is 61.0 Å². The summed E-state index contributed by atoms with van der Waals surface area (Å²) in [6.07, 6.45) is 0. The fourth-order valence-electron chi connectivity index (χ4n) is 5.74. The number of para-hydroxylation sites is 1. The number of benzene rings is 3. The number of nitrogens with one attached hydrogen (secondary N) is 1. The molecule has 6 rings (SSSR count). The Bertz CT molecular complexity index is 1890. The number of hydrogen-bond acceptors (Lipinski definition) is 10. The van der Waals surface area contributed by atoms with Gasteiger partial charge in [-0.15, -0.1) is 0 Å². The maximum Gasteiger partial charge on any atom is 0.338 e. The van der Waals surface area contributed by atoms with Gasteiger partial charge >= 0.3 is 10.8 Å². The lowest BCUT2D eigenvalue weighted by molar-refractivity contribution is -0.122. The number of methoxy groups -OCH3 is 2. The van der Waals surface area contributed by atoms with Gasteiger partial charge < -0.3 is 19.5 Å². The van der Waals surface area contributed by atoms with Crippen molar-refractivity contribution in [2.75, 3.05) is 31.0 Å². The van der Waals surface area contributed by atoms with Gasteiger partial charge in [0, 0.05) is 16.5 Å². The minimum atomic E-state index is -0.836. The Morgan fingerprint density at radius 1 is 0.891 bits per heavy atom. The second kappa shape index (κ2) is 12.9. The third-order valence-corrected chi connectivity index (χ3v) is 10.4. The number of nitrogens with zero attached hydrogens (tertiary/aromatic N) is 2. The number of hydrogen-bond donors (Lipinski definition) is 1. The van der Waals surface area contributed by atoms with Gasteiger partial charge in [-0.1, -0.05) is 47.4 Å². The molecule has 0 unspecified atom stereocenters. The number of anilines is 2. The molecule has 0 bridgehead atoms. The third-order valence-electron chi connectivity index (χ3n) is 7.81. The van der Waals surface area contributed by atoms with E-state index in [0.29, 0.717) is 43.9 Å². The van der Waals surface area contributed by atoms with Crippen molar-refractivity contribution >= 4 is 58.2 Å². The van der Waals surface area contributed by atoms with Crippen molar-refractivity contribution in [3.05, 3.63) is 98.5 Å². The van der Waals surface area contributed by atoms with Crippen molar-refractivity contribution in [1.29, 1.82) is 0 Å². The molecule has 2 aliphatic heterocycles. The highest BCUT2D eigenvalue weighted by Gasteiger charge is 2.57. The number of fused-ring (bicyclic) bond motifs is 2. The molecule has 13 heteroatoms. The molecule has 3 atom stereocenters. The fraction of sp³-hybridized carbons (Fsp3) is 0.242. The van der Waals surface area contributed by atoms with Crippen LogP contribution in [0.4, 0.5) is 11.4 Å². The van der Waals surface area contributed by atoms with Crippen LogP contribution in [0.5, 0.6) is 11.5 Å². The molecule has 46 heavy (non-hydrogen) atoms. The Morgan fingerprint density at radius 3 is 2.28 bits per heavy atom. The zero-order chi connectivity index (χ0) is 32.5. The van der Waals surface area contributed by atoms with Crippen LogP contribution in [0.25, 0.3) is 0 Å². The summed E-state index contributed by atoms with van der Waals surface area (Å²) in [6, 6.07) is 20.2. The van der Waals surface area contributed by atoms with Crippen LogP contribution < -0.4 is 24.6 Å². The molecule has 3 aromatic carbocycles. The van der Waals surface area contributed by atoms with Crippen LogP contribution in [0.15, 0.2) is 82.6 Å². The van der Waals surface area contributed by atoms with Crippen molar-refractivity contribution in [1.82, 2.24) is 4.57 Å². The van der Waals surface area contributed by atoms with E-state index >= 15 is 0 Å². The second-order valence-corrected chi connectivity index (χ2v) is 12.6. The van der Waals surface area contributed by atoms with Crippen molar-refractivity contribution in [2.45, 2.75) is 29.7 Å². The standard InChI is InChI=1S/C33H29N3O8S2/c1-4-44-32(40)18-10-13-20(14-11-18)34-24(37)17-35-31-28(46-33(35)41)25(19-12-15-22(42-2)23(16-19)43-3)26-27(45-31)30(39)36(29(26)38)21-8-6-5-7-9-21/h5-16,25-27H,4,17H2,1-3H3,(H,34,37)/t25-,26-,27+/m0/s1. The SMILES string of the molecule is CCOC(=O)c1ccc(NC(=O)Cn2c3c(sc2=O)[C@@H](c2ccc(OC)c(OC)c2)[C@@H]2C(=O)N(c4ccccc4)C(=O)[C@@H]2S3)cc1. The van der Waals surface area contributed by atoms with E-state index in [0.717, 1.165) is 23.1 Å². The van der Waals surface area contributed by atoms with Crippen LogP contribution in [0.3, 0.4) is 0 Å². The van der Waals surface area contributed by atoms with Crippen LogP contribution >= 0.6 is 23.1 Å². The molecule has 0 saturated carbocycles. The normalized spacial score (nSPS) is 18.5. The average molecular weight is 660 g/mol. The molecular formula is C33H29N3O8S2. The van der Waals surface area contributed by atoms with E-state index in [1.165, 1.54) is 35.8 Å². The van der Waals surface area contributed by atoms with E-state index in [4.69, 9.17) is 14.2 Å². The number of ether oxygens (including phenoxy) is 3. The lowest BCUT2D eigenvalue weighted by atomic mass is 9.83. The zero-order valence-corrected chi connectivity index (χ0v) is 26.7. The summed E-state index contributed by atoms with van der Waals surface area (Å²) in [7, 11) is 3.03. The molecule has 1 fully saturated rings. The van der Waals surface area contributed by atoms with Gasteiger partial charge in [0.1, 0.15) is 11.8 Å². The summed E-state index contributed by atoms with van der Waals surface area (Å²) in [5.74, 6) is -2.24. The molecule has 0 radical (unpaired) electrons. The van der Waals surface area contributed by atoms with Crippen LogP contribution in [0, 0.1) is 5.92 Å². The molecule has 1 aromatic heterocycles. The summed E-state index contributed by atoms with van der Waals surface area (Å²) in [5.41, 5.74) is 1.91. The number of aromatic nitrogens is 1. The summed E-state index contributed by atoms with van der Waals surface area (Å²) >= 11 is 2.08. The monoisotopic (exact) mass is 659 g/mol. The van der Waals surface area contributed by atoms with E-state index < -0.39 is 39.7 Å². The highest BCUT2D eigenvalue weighted by Crippen LogP contribution is 2.54. The van der Waals surface area contributed by atoms with Gasteiger partial charge in [-0.25, -0.2) is 9.69 Å². The zero-order valence-electron chi connectivity index (χ0n) is 25.1. The van der Waals surface area contributed by atoms with Crippen LogP contribution in [-0.4, -0.2) is 54.3 Å². The molecule has 3 heterocycles. The summed E-state index contributed by atoms with van der Waals surface area (Å²) in [5, 5.41) is 2.38. The van der Waals surface area contributed by atoms with Gasteiger partial charge in [0.25, 0.3) is 0 Å². The van der Waals surface area contributed by atoms with Gasteiger partial charge in [0.05, 0.1) is 43.0 Å². The highest BCUT2D eigenvalue weighted by atomic mass is 32.2. The number of esters is 1. The molecule has 3 amide bonds. The van der Waals surface area contributed by atoms with Gasteiger partial charge in [-0.3, -0.25) is 23.7 Å². The van der Waals surface area contributed by atoms with Crippen LogP contribution in [-0.2, 0) is 25.7 Å². The topological polar surface area (TPSA) is 133 Å². The minimum Gasteiger partial charge on any atom is -0.493 e. The highest BCUT2D eigenvalue weighted by molar-refractivity contribution is 8.00. The molecule has 1 N–H and O–H groups in total. The lowest BCUT2D eigenvalue weighted by Crippen LogP contribution is -2.33. The van der Waals surface area contributed by atoms with Crippen molar-refractivity contribution in [3.8, 4) is 11.5 Å². The lowest BCUT2D eigenvalue weighted by Gasteiger charge is -2.31. The number of imide groups is 1. The van der Waals surface area contributed by atoms with Gasteiger partial charge in [0.2, 0.25) is 17.7 Å². The van der Waals surface area contributed by atoms with E-state index in [1.807, 2.05) is 0 Å². The van der Waals surface area contributed by atoms with Crippen LogP contribution in [0.2, 0.25) is 0 Å². The first kappa shape index (κ1) is 31.1. The fourth-order valence-corrected chi connectivity index (χ4v) is 8.51. The second-order valence-electron chi connectivity index (χ2n) is 10.5. The minimum absolute atomic E-state index is 0.244. The number of amides is 3. The molecular weight excluding hydrogens is 631 g/mol. The number of rotatable bonds is 9. The Labute approximate surface area is 272 Å². The van der Waals surface area contributed by atoms with Crippen molar-refractivity contribution in [3.63, 3.8) is 0 Å². The molecule has 2 aliphatic rings. The largest absolute Gasteiger partial charge is 0.493 e. The molecule has 11 nitrogen and oxygen atoms in total. The molecule has 4 aromatic rings. The Balaban J connectivity index is 1.36. The van der Waals surface area contributed by atoms with Crippen molar-refractivity contribution in [2.24, 2.45) is 5.92 Å². The van der Waals surface area contributed by atoms with Crippen molar-refractivity contribution < 1.29 is 33.4 Å². The number of carbonyl (C=O) groups excluding carboxylic acids is 4. The molecule has 236 valence electrons. The molecule has 0 aliphatic carbocycles. The van der Waals surface area contributed by atoms with E-state index in [2.05, 4.69) is 5.32 Å². The van der Waals surface area contributed by atoms with Gasteiger partial charge in [0.15, 0.2) is 11.5 Å². The Kier molecular flexibility index (Phi) is 8.69. The Hall–Kier alpha value is -4.88. The number of thioether (sulfide) groups is 1. The predicted octanol–water partition coefficient (Wildman–Crippen LogP) is 4.54. The van der Waals surface area contributed by atoms with E-state index in [9.17, 15) is 24.0 Å². The smallest absolute Gasteiger partial charge is 0.338 e. The third kappa shape index (κ3) is 5.56. The first-order chi connectivity index (χ1) is 22.2. The molecule has 1 saturated heterocycles. The number of thiazole rings is 1. The van der Waals surface area contributed by atoms with E-state index in [-0.39, 0.29) is 19.1 Å². The summed E-state index contributed by atoms with van der Waals surface area (Å²) < 4.78 is 17.3. The summed E-state index contributed by atoms with van der Waals surface area (Å²) in [4.78, 5) is 68.0. The van der Waals surface area contributed by atoms with Gasteiger partial charge in [-0.2, -0.15) is 0 Å². The average Bonchev–Trinajstić information content (AvgIpc) is 3.51. The molecule has 0 spiro atoms. The quantitative estimate of drug-likeness (QED) is 0.203. The number of carbonyl (C=O) groups is 4. The van der Waals surface area contributed by atoms with E-state index in [1.54, 1.807) is 67.6 Å². The van der Waals surface area contributed by atoms with Crippen LogP contribution in [0.1, 0.15) is 33.6 Å².